The lowest BCUT2D eigenvalue weighted by Gasteiger charge is -2.28. The molecule has 6 heteroatoms. The number of halogens is 2. The molecule has 0 saturated carbocycles. The Bertz CT molecular complexity index is 442. The first kappa shape index (κ1) is 13.0. The van der Waals surface area contributed by atoms with Crippen LogP contribution >= 0.6 is 0 Å². The van der Waals surface area contributed by atoms with Crippen molar-refractivity contribution in [1.29, 1.82) is 0 Å². The number of nitrogens with zero attached hydrogens (tertiary/aromatic N) is 2. The van der Waals surface area contributed by atoms with Crippen molar-refractivity contribution in [3.05, 3.63) is 17.7 Å². The third-order valence-corrected chi connectivity index (χ3v) is 3.32. The zero-order valence-corrected chi connectivity index (χ0v) is 10.7. The van der Waals surface area contributed by atoms with Gasteiger partial charge in [0.25, 0.3) is 0 Å². The average Bonchev–Trinajstić information content (AvgIpc) is 2.75. The summed E-state index contributed by atoms with van der Waals surface area (Å²) in [6.07, 6.45) is 0.824. The number of nitrogens with one attached hydrogen (secondary N) is 1. The second-order valence-electron chi connectivity index (χ2n) is 4.42. The van der Waals surface area contributed by atoms with Gasteiger partial charge in [-0.25, -0.2) is 13.8 Å². The van der Waals surface area contributed by atoms with E-state index in [0.29, 0.717) is 6.61 Å². The van der Waals surface area contributed by atoms with E-state index in [2.05, 4.69) is 10.3 Å². The SMILES string of the molecule is CNc1nc(N(C)C2CCOC2C)c(F)cc1F. The standard InChI is InChI=1S/C12H17F2N3O/c1-7-10(4-5-18-7)17(3)12-9(14)6-8(13)11(15-2)16-12/h6-7,10H,4-5H2,1-3H3,(H,15,16). The highest BCUT2D eigenvalue weighted by Crippen LogP contribution is 2.27. The molecule has 2 atom stereocenters. The second-order valence-corrected chi connectivity index (χ2v) is 4.42. The van der Waals surface area contributed by atoms with E-state index in [1.165, 1.54) is 0 Å². The highest BCUT2D eigenvalue weighted by Gasteiger charge is 2.30. The maximum atomic E-state index is 13.8. The van der Waals surface area contributed by atoms with E-state index in [1.807, 2.05) is 6.92 Å². The van der Waals surface area contributed by atoms with Crippen molar-refractivity contribution in [3.8, 4) is 0 Å². The first-order valence-electron chi connectivity index (χ1n) is 5.92. The Hall–Kier alpha value is -1.43. The number of rotatable bonds is 3. The topological polar surface area (TPSA) is 37.4 Å². The van der Waals surface area contributed by atoms with E-state index in [-0.39, 0.29) is 23.8 Å². The van der Waals surface area contributed by atoms with Gasteiger partial charge in [-0.3, -0.25) is 0 Å². The predicted molar refractivity (Wildman–Crippen MR) is 65.9 cm³/mol. The van der Waals surface area contributed by atoms with Crippen molar-refractivity contribution in [1.82, 2.24) is 4.98 Å². The smallest absolute Gasteiger partial charge is 0.168 e. The van der Waals surface area contributed by atoms with Gasteiger partial charge in [0.05, 0.1) is 12.1 Å². The van der Waals surface area contributed by atoms with Crippen LogP contribution in [0, 0.1) is 11.6 Å². The zero-order chi connectivity index (χ0) is 13.3. The van der Waals surface area contributed by atoms with Crippen LogP contribution in [0.15, 0.2) is 6.07 Å². The zero-order valence-electron chi connectivity index (χ0n) is 10.7. The maximum Gasteiger partial charge on any atom is 0.168 e. The summed E-state index contributed by atoms with van der Waals surface area (Å²) >= 11 is 0. The number of hydrogen-bond acceptors (Lipinski definition) is 4. The van der Waals surface area contributed by atoms with Crippen molar-refractivity contribution in [2.45, 2.75) is 25.5 Å². The lowest BCUT2D eigenvalue weighted by Crippen LogP contribution is -2.38. The lowest BCUT2D eigenvalue weighted by molar-refractivity contribution is 0.118. The first-order chi connectivity index (χ1) is 8.54. The molecule has 0 aliphatic carbocycles. The van der Waals surface area contributed by atoms with Gasteiger partial charge in [0.2, 0.25) is 0 Å². The largest absolute Gasteiger partial charge is 0.376 e. The van der Waals surface area contributed by atoms with Crippen LogP contribution in [0.2, 0.25) is 0 Å². The van der Waals surface area contributed by atoms with Crippen LogP contribution < -0.4 is 10.2 Å². The molecule has 1 aliphatic rings. The first-order valence-corrected chi connectivity index (χ1v) is 5.92. The Balaban J connectivity index is 2.32. The van der Waals surface area contributed by atoms with Crippen LogP contribution in [0.3, 0.4) is 0 Å². The molecule has 1 fully saturated rings. The van der Waals surface area contributed by atoms with Crippen LogP contribution in [-0.2, 0) is 4.74 Å². The van der Waals surface area contributed by atoms with Gasteiger partial charge in [0.1, 0.15) is 0 Å². The summed E-state index contributed by atoms with van der Waals surface area (Å²) in [5.74, 6) is -1.16. The third kappa shape index (κ3) is 2.25. The number of pyridine rings is 1. The predicted octanol–water partition coefficient (Wildman–Crippen LogP) is 2.02. The molecule has 2 heterocycles. The molecule has 0 spiro atoms. The van der Waals surface area contributed by atoms with Gasteiger partial charge in [-0.1, -0.05) is 0 Å². The molecular formula is C12H17F2N3O. The summed E-state index contributed by atoms with van der Waals surface area (Å²) in [5, 5.41) is 2.61. The van der Waals surface area contributed by atoms with E-state index < -0.39 is 11.6 Å². The molecule has 100 valence electrons. The van der Waals surface area contributed by atoms with Crippen molar-refractivity contribution in [3.63, 3.8) is 0 Å². The number of hydrogen-bond donors (Lipinski definition) is 1. The molecule has 2 unspecified atom stereocenters. The van der Waals surface area contributed by atoms with Crippen LogP contribution in [0.4, 0.5) is 20.4 Å². The van der Waals surface area contributed by atoms with Crippen molar-refractivity contribution < 1.29 is 13.5 Å². The second kappa shape index (κ2) is 5.06. The van der Waals surface area contributed by atoms with E-state index in [4.69, 9.17) is 4.74 Å². The highest BCUT2D eigenvalue weighted by atomic mass is 19.1. The fourth-order valence-corrected chi connectivity index (χ4v) is 2.27. The maximum absolute atomic E-state index is 13.8. The molecule has 2 rings (SSSR count). The molecule has 1 saturated heterocycles. The molecule has 1 aliphatic heterocycles. The molecule has 18 heavy (non-hydrogen) atoms. The monoisotopic (exact) mass is 257 g/mol. The van der Waals surface area contributed by atoms with E-state index in [0.717, 1.165) is 12.5 Å². The summed E-state index contributed by atoms with van der Waals surface area (Å²) in [4.78, 5) is 5.69. The number of likely N-dealkylation sites (N-methyl/N-ethyl adjacent to an activating group) is 1. The van der Waals surface area contributed by atoms with E-state index in [1.54, 1.807) is 19.0 Å². The molecule has 1 N–H and O–H groups in total. The molecular weight excluding hydrogens is 240 g/mol. The van der Waals surface area contributed by atoms with Crippen LogP contribution in [0.25, 0.3) is 0 Å². The number of anilines is 2. The third-order valence-electron chi connectivity index (χ3n) is 3.32. The van der Waals surface area contributed by atoms with Gasteiger partial charge < -0.3 is 15.0 Å². The molecule has 1 aromatic rings. The van der Waals surface area contributed by atoms with Gasteiger partial charge >= 0.3 is 0 Å². The van der Waals surface area contributed by atoms with Gasteiger partial charge in [-0.15, -0.1) is 0 Å². The lowest BCUT2D eigenvalue weighted by atomic mass is 10.1. The molecule has 0 bridgehead atoms. The highest BCUT2D eigenvalue weighted by molar-refractivity contribution is 5.49. The minimum absolute atomic E-state index is 0.0132. The minimum Gasteiger partial charge on any atom is -0.376 e. The molecule has 0 radical (unpaired) electrons. The Morgan fingerprint density at radius 3 is 2.72 bits per heavy atom. The van der Waals surface area contributed by atoms with E-state index >= 15 is 0 Å². The normalized spacial score (nSPS) is 23.2. The summed E-state index contributed by atoms with van der Waals surface area (Å²) in [5.41, 5.74) is 0. The molecule has 4 nitrogen and oxygen atoms in total. The summed E-state index contributed by atoms with van der Waals surface area (Å²) in [6, 6.07) is 0.910. The number of aromatic nitrogens is 1. The minimum atomic E-state index is -0.692. The molecule has 0 amide bonds. The molecule has 1 aromatic heterocycles. The van der Waals surface area contributed by atoms with Crippen LogP contribution in [0.5, 0.6) is 0 Å². The fraction of sp³-hybridized carbons (Fsp3) is 0.583. The quantitative estimate of drug-likeness (QED) is 0.899. The number of ether oxygens (including phenoxy) is 1. The average molecular weight is 257 g/mol. The Morgan fingerprint density at radius 2 is 2.17 bits per heavy atom. The van der Waals surface area contributed by atoms with Crippen LogP contribution in [0.1, 0.15) is 13.3 Å². The Labute approximate surface area is 105 Å². The van der Waals surface area contributed by atoms with E-state index in [9.17, 15) is 8.78 Å². The van der Waals surface area contributed by atoms with Gasteiger partial charge in [-0.2, -0.15) is 0 Å². The Morgan fingerprint density at radius 1 is 1.44 bits per heavy atom. The fourth-order valence-electron chi connectivity index (χ4n) is 2.27. The molecule has 0 aromatic carbocycles. The van der Waals surface area contributed by atoms with Crippen molar-refractivity contribution >= 4 is 11.6 Å². The van der Waals surface area contributed by atoms with Gasteiger partial charge in [0.15, 0.2) is 23.3 Å². The summed E-state index contributed by atoms with van der Waals surface area (Å²) in [7, 11) is 3.30. The van der Waals surface area contributed by atoms with Crippen molar-refractivity contribution in [2.24, 2.45) is 0 Å². The van der Waals surface area contributed by atoms with Gasteiger partial charge in [0, 0.05) is 26.8 Å². The van der Waals surface area contributed by atoms with Crippen LogP contribution in [-0.4, -0.2) is 37.8 Å². The summed E-state index contributed by atoms with van der Waals surface area (Å²) < 4.78 is 32.6. The Kier molecular flexibility index (Phi) is 3.65. The summed E-state index contributed by atoms with van der Waals surface area (Å²) in [6.45, 7) is 2.59. The van der Waals surface area contributed by atoms with Gasteiger partial charge in [-0.05, 0) is 13.3 Å². The van der Waals surface area contributed by atoms with Crippen molar-refractivity contribution in [2.75, 3.05) is 30.9 Å².